The van der Waals surface area contributed by atoms with E-state index >= 15 is 0 Å². The van der Waals surface area contributed by atoms with Crippen LogP contribution in [0, 0.1) is 24.7 Å². The molecule has 0 aliphatic carbocycles. The van der Waals surface area contributed by atoms with Crippen molar-refractivity contribution < 1.29 is 45.1 Å². The topological polar surface area (TPSA) is 148 Å². The molecule has 2 fully saturated rings. The van der Waals surface area contributed by atoms with Crippen molar-refractivity contribution in [1.82, 2.24) is 4.98 Å². The minimum Gasteiger partial charge on any atom is -0.396 e. The van der Waals surface area contributed by atoms with E-state index in [-0.39, 0.29) is 46.4 Å². The van der Waals surface area contributed by atoms with E-state index in [1.807, 2.05) is 32.0 Å². The number of benzene rings is 2. The standard InChI is InChI=1S/C16H24O5S.C9H18O3.C7H7ClO2S.C5H5N/c1-13-6-8-14(9-7-13)22(17,18)21-10-4-5-15-19-11-16(2,3)12-20-15;1-9(2)6-11-8(12-7-9)4-3-5-10;1-6-2-4-7(5-3-6)11(8,9)10;1-2-4-6-5-3-1/h6-9,15H,4-5,10-12H2,1-3H3;8,10H,3-7H2,1-2H3;2-5H,1H3;1-5H. The Morgan fingerprint density at radius 2 is 1.12 bits per heavy atom. The van der Waals surface area contributed by atoms with E-state index in [4.69, 9.17) is 38.9 Å². The lowest BCUT2D eigenvalue weighted by atomic mass is 9.95. The third-order valence-electron chi connectivity index (χ3n) is 7.24. The normalized spacial score (nSPS) is 17.4. The van der Waals surface area contributed by atoms with Crippen molar-refractivity contribution in [2.24, 2.45) is 10.8 Å². The molecule has 0 spiro atoms. The van der Waals surface area contributed by atoms with Gasteiger partial charge in [0.25, 0.3) is 19.2 Å². The van der Waals surface area contributed by atoms with Crippen LogP contribution in [0.3, 0.4) is 0 Å². The summed E-state index contributed by atoms with van der Waals surface area (Å²) >= 11 is 0. The maximum absolute atomic E-state index is 12.0. The van der Waals surface area contributed by atoms with Crippen LogP contribution in [0.1, 0.15) is 64.5 Å². The third-order valence-corrected chi connectivity index (χ3v) is 9.94. The molecule has 286 valence electrons. The lowest BCUT2D eigenvalue weighted by Gasteiger charge is -2.34. The SMILES string of the molecule is CC1(C)COC(CCCO)OC1.Cc1ccc(S(=O)(=O)Cl)cc1.Cc1ccc(S(=O)(=O)OCCCC2OCC(C)(C)CO2)cc1.c1ccncc1. The Hall–Kier alpha value is -2.46. The van der Waals surface area contributed by atoms with Gasteiger partial charge in [-0.2, -0.15) is 8.42 Å². The first kappa shape index (κ1) is 44.7. The summed E-state index contributed by atoms with van der Waals surface area (Å²) in [6, 6.07) is 18.7. The van der Waals surface area contributed by atoms with Crippen LogP contribution in [0.5, 0.6) is 0 Å². The van der Waals surface area contributed by atoms with Gasteiger partial charge in [-0.25, -0.2) is 8.42 Å². The number of aliphatic hydroxyl groups is 1. The van der Waals surface area contributed by atoms with Crippen LogP contribution in [0.4, 0.5) is 0 Å². The Morgan fingerprint density at radius 1 is 0.706 bits per heavy atom. The fraction of sp³-hybridized carbons (Fsp3) is 0.541. The average Bonchev–Trinajstić information content (AvgIpc) is 3.08. The van der Waals surface area contributed by atoms with Gasteiger partial charge in [0, 0.05) is 53.4 Å². The molecule has 0 saturated carbocycles. The molecule has 0 bridgehead atoms. The summed E-state index contributed by atoms with van der Waals surface area (Å²) < 4.78 is 72.6. The highest BCUT2D eigenvalue weighted by Crippen LogP contribution is 2.25. The van der Waals surface area contributed by atoms with Gasteiger partial charge in [-0.3, -0.25) is 9.17 Å². The van der Waals surface area contributed by atoms with Gasteiger partial charge in [0.15, 0.2) is 12.6 Å². The van der Waals surface area contributed by atoms with Crippen LogP contribution in [0.15, 0.2) is 88.9 Å². The summed E-state index contributed by atoms with van der Waals surface area (Å²) in [5.74, 6) is 0. The zero-order valence-corrected chi connectivity index (χ0v) is 32.9. The van der Waals surface area contributed by atoms with Crippen LogP contribution in [-0.4, -0.2) is 79.1 Å². The van der Waals surface area contributed by atoms with Crippen LogP contribution >= 0.6 is 10.7 Å². The van der Waals surface area contributed by atoms with E-state index in [0.717, 1.165) is 37.2 Å². The van der Waals surface area contributed by atoms with Gasteiger partial charge in [0.1, 0.15) is 0 Å². The fourth-order valence-corrected chi connectivity index (χ4v) is 5.96. The Morgan fingerprint density at radius 3 is 1.47 bits per heavy atom. The predicted octanol–water partition coefficient (Wildman–Crippen LogP) is 7.04. The number of halogens is 1. The fourth-order valence-electron chi connectivity index (χ4n) is 4.25. The Labute approximate surface area is 309 Å². The molecule has 2 saturated heterocycles. The number of aliphatic hydroxyl groups excluding tert-OH is 1. The second kappa shape index (κ2) is 21.9. The molecule has 11 nitrogen and oxygen atoms in total. The van der Waals surface area contributed by atoms with Crippen molar-refractivity contribution in [1.29, 1.82) is 0 Å². The first-order chi connectivity index (χ1) is 23.9. The Balaban J connectivity index is 0.000000262. The highest BCUT2D eigenvalue weighted by molar-refractivity contribution is 8.13. The molecule has 3 aromatic rings. The van der Waals surface area contributed by atoms with Crippen molar-refractivity contribution in [2.75, 3.05) is 39.6 Å². The van der Waals surface area contributed by atoms with Gasteiger partial charge >= 0.3 is 0 Å². The number of ether oxygens (including phenoxy) is 4. The number of nitrogens with zero attached hydrogens (tertiary/aromatic N) is 1. The quantitative estimate of drug-likeness (QED) is 0.129. The Kier molecular flexibility index (Phi) is 19.2. The summed E-state index contributed by atoms with van der Waals surface area (Å²) in [6.45, 7) is 15.3. The van der Waals surface area contributed by atoms with Crippen molar-refractivity contribution in [3.8, 4) is 0 Å². The summed E-state index contributed by atoms with van der Waals surface area (Å²) in [5.41, 5.74) is 2.21. The largest absolute Gasteiger partial charge is 0.396 e. The highest BCUT2D eigenvalue weighted by Gasteiger charge is 2.29. The molecule has 2 aliphatic heterocycles. The zero-order valence-electron chi connectivity index (χ0n) is 30.5. The monoisotopic (exact) mass is 771 g/mol. The lowest BCUT2D eigenvalue weighted by Crippen LogP contribution is -2.37. The van der Waals surface area contributed by atoms with Crippen molar-refractivity contribution in [2.45, 2.75) is 89.6 Å². The first-order valence-corrected chi connectivity index (χ1v) is 20.5. The number of hydrogen-bond acceptors (Lipinski definition) is 11. The molecular formula is C37H54ClNO10S2. The minimum absolute atomic E-state index is 0.0434. The molecule has 0 amide bonds. The van der Waals surface area contributed by atoms with E-state index in [1.54, 1.807) is 48.8 Å². The molecule has 1 aromatic heterocycles. The smallest absolute Gasteiger partial charge is 0.296 e. The predicted molar refractivity (Wildman–Crippen MR) is 197 cm³/mol. The number of rotatable bonds is 10. The van der Waals surface area contributed by atoms with E-state index in [0.29, 0.717) is 26.1 Å². The summed E-state index contributed by atoms with van der Waals surface area (Å²) in [6.07, 6.45) is 5.89. The summed E-state index contributed by atoms with van der Waals surface area (Å²) in [7, 11) is -2.14. The maximum atomic E-state index is 12.0. The average molecular weight is 772 g/mol. The van der Waals surface area contributed by atoms with Gasteiger partial charge < -0.3 is 24.1 Å². The van der Waals surface area contributed by atoms with Gasteiger partial charge in [-0.05, 0) is 63.1 Å². The minimum atomic E-state index is -3.68. The molecular weight excluding hydrogens is 718 g/mol. The summed E-state index contributed by atoms with van der Waals surface area (Å²) in [5, 5.41) is 8.59. The number of aromatic nitrogens is 1. The summed E-state index contributed by atoms with van der Waals surface area (Å²) in [4.78, 5) is 4.11. The molecule has 5 rings (SSSR count). The van der Waals surface area contributed by atoms with Crippen molar-refractivity contribution >= 4 is 29.9 Å². The van der Waals surface area contributed by atoms with Crippen LogP contribution in [0.2, 0.25) is 0 Å². The molecule has 2 aromatic carbocycles. The Bertz CT molecular complexity index is 1560. The van der Waals surface area contributed by atoms with Gasteiger partial charge in [0.2, 0.25) is 0 Å². The molecule has 3 heterocycles. The van der Waals surface area contributed by atoms with E-state index in [1.165, 1.54) is 12.1 Å². The van der Waals surface area contributed by atoms with Crippen LogP contribution in [0.25, 0.3) is 0 Å². The van der Waals surface area contributed by atoms with Gasteiger partial charge in [0.05, 0.1) is 42.8 Å². The lowest BCUT2D eigenvalue weighted by molar-refractivity contribution is -0.224. The van der Waals surface area contributed by atoms with E-state index in [9.17, 15) is 16.8 Å². The van der Waals surface area contributed by atoms with Gasteiger partial charge in [-0.1, -0.05) is 69.2 Å². The third kappa shape index (κ3) is 19.3. The number of pyridine rings is 1. The molecule has 51 heavy (non-hydrogen) atoms. The van der Waals surface area contributed by atoms with Crippen molar-refractivity contribution in [3.63, 3.8) is 0 Å². The zero-order chi connectivity index (χ0) is 38.0. The first-order valence-electron chi connectivity index (χ1n) is 16.8. The molecule has 2 aliphatic rings. The number of hydrogen-bond donors (Lipinski definition) is 1. The number of aryl methyl sites for hydroxylation is 2. The molecule has 0 radical (unpaired) electrons. The van der Waals surface area contributed by atoms with Crippen LogP contribution in [-0.2, 0) is 42.3 Å². The van der Waals surface area contributed by atoms with Crippen molar-refractivity contribution in [3.05, 3.63) is 90.3 Å². The second-order valence-corrected chi connectivity index (χ2v) is 18.0. The molecule has 0 unspecified atom stereocenters. The van der Waals surface area contributed by atoms with Crippen LogP contribution < -0.4 is 0 Å². The second-order valence-electron chi connectivity index (χ2n) is 13.8. The maximum Gasteiger partial charge on any atom is 0.296 e. The van der Waals surface area contributed by atoms with E-state index < -0.39 is 19.2 Å². The molecule has 0 atom stereocenters. The molecule has 1 N–H and O–H groups in total. The molecule has 14 heteroatoms. The van der Waals surface area contributed by atoms with Gasteiger partial charge in [-0.15, -0.1) is 0 Å². The van der Waals surface area contributed by atoms with E-state index in [2.05, 4.69) is 32.7 Å². The highest BCUT2D eigenvalue weighted by atomic mass is 35.7.